The van der Waals surface area contributed by atoms with Gasteiger partial charge in [-0.2, -0.15) is 0 Å². The standard InChI is InChI=1S/C14H15NO/c1-3-15-11(2)9-13(14(15)10-16)12-7-5-4-6-8-12/h4-10H,3H2,1-2H3. The van der Waals surface area contributed by atoms with E-state index in [0.717, 1.165) is 35.3 Å². The molecule has 0 fully saturated rings. The predicted octanol–water partition coefficient (Wildman–Crippen LogP) is 3.30. The molecule has 0 unspecified atom stereocenters. The predicted molar refractivity (Wildman–Crippen MR) is 65.7 cm³/mol. The molecule has 0 aliphatic rings. The molecule has 2 aromatic rings. The van der Waals surface area contributed by atoms with Crippen LogP contribution < -0.4 is 0 Å². The van der Waals surface area contributed by atoms with Gasteiger partial charge in [0.1, 0.15) is 0 Å². The van der Waals surface area contributed by atoms with Gasteiger partial charge in [-0.15, -0.1) is 0 Å². The van der Waals surface area contributed by atoms with Crippen LogP contribution in [0.4, 0.5) is 0 Å². The van der Waals surface area contributed by atoms with E-state index in [-0.39, 0.29) is 0 Å². The second-order valence-electron chi connectivity index (χ2n) is 3.81. The van der Waals surface area contributed by atoms with Crippen LogP contribution in [-0.4, -0.2) is 10.9 Å². The van der Waals surface area contributed by atoms with Crippen LogP contribution in [0, 0.1) is 6.92 Å². The Kier molecular flexibility index (Phi) is 2.91. The lowest BCUT2D eigenvalue weighted by atomic mass is 10.1. The lowest BCUT2D eigenvalue weighted by Gasteiger charge is -2.04. The van der Waals surface area contributed by atoms with Gasteiger partial charge in [0, 0.05) is 17.8 Å². The highest BCUT2D eigenvalue weighted by Gasteiger charge is 2.11. The van der Waals surface area contributed by atoms with Gasteiger partial charge in [0.2, 0.25) is 0 Å². The summed E-state index contributed by atoms with van der Waals surface area (Å²) in [5.41, 5.74) is 4.02. The zero-order valence-electron chi connectivity index (χ0n) is 9.60. The molecule has 2 nitrogen and oxygen atoms in total. The third-order valence-corrected chi connectivity index (χ3v) is 2.86. The number of carbonyl (C=O) groups excluding carboxylic acids is 1. The fraction of sp³-hybridized carbons (Fsp3) is 0.214. The lowest BCUT2D eigenvalue weighted by molar-refractivity contribution is 0.111. The summed E-state index contributed by atoms with van der Waals surface area (Å²) in [6.07, 6.45) is 0.943. The number of rotatable bonds is 3. The first-order chi connectivity index (χ1) is 7.77. The highest BCUT2D eigenvalue weighted by molar-refractivity contribution is 5.86. The summed E-state index contributed by atoms with van der Waals surface area (Å²) < 4.78 is 2.04. The molecule has 0 radical (unpaired) electrons. The van der Waals surface area contributed by atoms with E-state index in [1.54, 1.807) is 0 Å². The Hall–Kier alpha value is -1.83. The summed E-state index contributed by atoms with van der Waals surface area (Å²) in [5.74, 6) is 0. The molecule has 2 rings (SSSR count). The minimum atomic E-state index is 0.770. The minimum Gasteiger partial charge on any atom is -0.343 e. The number of aldehydes is 1. The SMILES string of the molecule is CCn1c(C)cc(-c2ccccc2)c1C=O. The molecule has 16 heavy (non-hydrogen) atoms. The Morgan fingerprint density at radius 1 is 1.25 bits per heavy atom. The van der Waals surface area contributed by atoms with Crippen molar-refractivity contribution in [3.8, 4) is 11.1 Å². The molecular weight excluding hydrogens is 198 g/mol. The van der Waals surface area contributed by atoms with Crippen molar-refractivity contribution in [2.45, 2.75) is 20.4 Å². The van der Waals surface area contributed by atoms with Gasteiger partial charge in [-0.05, 0) is 25.5 Å². The van der Waals surface area contributed by atoms with Gasteiger partial charge in [0.05, 0.1) is 5.69 Å². The average Bonchev–Trinajstić information content (AvgIpc) is 2.66. The number of hydrogen-bond acceptors (Lipinski definition) is 1. The smallest absolute Gasteiger partial charge is 0.167 e. The summed E-state index contributed by atoms with van der Waals surface area (Å²) in [5, 5.41) is 0. The van der Waals surface area contributed by atoms with Crippen LogP contribution in [-0.2, 0) is 6.54 Å². The Balaban J connectivity index is 2.62. The molecule has 0 spiro atoms. The van der Waals surface area contributed by atoms with Gasteiger partial charge in [-0.1, -0.05) is 30.3 Å². The second-order valence-corrected chi connectivity index (χ2v) is 3.81. The van der Waals surface area contributed by atoms with Crippen LogP contribution >= 0.6 is 0 Å². The van der Waals surface area contributed by atoms with E-state index in [1.807, 2.05) is 41.8 Å². The quantitative estimate of drug-likeness (QED) is 0.717. The molecule has 1 aromatic carbocycles. The van der Waals surface area contributed by atoms with Gasteiger partial charge >= 0.3 is 0 Å². The Morgan fingerprint density at radius 3 is 2.50 bits per heavy atom. The molecule has 0 atom stereocenters. The van der Waals surface area contributed by atoms with Gasteiger partial charge in [0.25, 0.3) is 0 Å². The monoisotopic (exact) mass is 213 g/mol. The molecular formula is C14H15NO. The molecule has 0 amide bonds. The summed E-state index contributed by atoms with van der Waals surface area (Å²) in [4.78, 5) is 11.2. The van der Waals surface area contributed by atoms with Crippen molar-refractivity contribution in [1.82, 2.24) is 4.57 Å². The molecule has 1 aromatic heterocycles. The zero-order chi connectivity index (χ0) is 11.5. The average molecular weight is 213 g/mol. The van der Waals surface area contributed by atoms with Crippen LogP contribution in [0.5, 0.6) is 0 Å². The van der Waals surface area contributed by atoms with Crippen LogP contribution in [0.25, 0.3) is 11.1 Å². The third kappa shape index (κ3) is 1.67. The molecule has 0 aliphatic carbocycles. The molecule has 0 saturated heterocycles. The van der Waals surface area contributed by atoms with Crippen LogP contribution in [0.2, 0.25) is 0 Å². The highest BCUT2D eigenvalue weighted by atomic mass is 16.1. The molecule has 0 bridgehead atoms. The first kappa shape index (κ1) is 10.7. The molecule has 0 N–H and O–H groups in total. The molecule has 82 valence electrons. The number of hydrogen-bond donors (Lipinski definition) is 0. The van der Waals surface area contributed by atoms with Crippen molar-refractivity contribution in [3.05, 3.63) is 47.8 Å². The zero-order valence-corrected chi connectivity index (χ0v) is 9.60. The van der Waals surface area contributed by atoms with Gasteiger partial charge in [-0.3, -0.25) is 4.79 Å². The fourth-order valence-electron chi connectivity index (χ4n) is 2.09. The van der Waals surface area contributed by atoms with E-state index in [0.29, 0.717) is 0 Å². The van der Waals surface area contributed by atoms with Gasteiger partial charge < -0.3 is 4.57 Å². The van der Waals surface area contributed by atoms with E-state index >= 15 is 0 Å². The summed E-state index contributed by atoms with van der Waals surface area (Å²) >= 11 is 0. The lowest BCUT2D eigenvalue weighted by Crippen LogP contribution is -2.01. The van der Waals surface area contributed by atoms with Gasteiger partial charge in [-0.25, -0.2) is 0 Å². The largest absolute Gasteiger partial charge is 0.343 e. The van der Waals surface area contributed by atoms with Crippen LogP contribution in [0.15, 0.2) is 36.4 Å². The molecule has 0 aliphatic heterocycles. The highest BCUT2D eigenvalue weighted by Crippen LogP contribution is 2.25. The van der Waals surface area contributed by atoms with E-state index in [4.69, 9.17) is 0 Å². The van der Waals surface area contributed by atoms with Crippen molar-refractivity contribution >= 4 is 6.29 Å². The Morgan fingerprint density at radius 2 is 1.94 bits per heavy atom. The Bertz CT molecular complexity index is 497. The molecule has 1 heterocycles. The first-order valence-electron chi connectivity index (χ1n) is 5.48. The number of benzene rings is 1. The van der Waals surface area contributed by atoms with Crippen molar-refractivity contribution in [1.29, 1.82) is 0 Å². The number of carbonyl (C=O) groups is 1. The fourth-order valence-corrected chi connectivity index (χ4v) is 2.09. The number of aromatic nitrogens is 1. The van der Waals surface area contributed by atoms with Crippen molar-refractivity contribution in [2.24, 2.45) is 0 Å². The van der Waals surface area contributed by atoms with E-state index < -0.39 is 0 Å². The summed E-state index contributed by atoms with van der Waals surface area (Å²) in [6, 6.07) is 12.1. The number of aryl methyl sites for hydroxylation is 1. The topological polar surface area (TPSA) is 22.0 Å². The van der Waals surface area contributed by atoms with Crippen LogP contribution in [0.3, 0.4) is 0 Å². The molecule has 0 saturated carbocycles. The van der Waals surface area contributed by atoms with Crippen molar-refractivity contribution in [3.63, 3.8) is 0 Å². The van der Waals surface area contributed by atoms with E-state index in [2.05, 4.69) is 13.0 Å². The van der Waals surface area contributed by atoms with Crippen molar-refractivity contribution < 1.29 is 4.79 Å². The normalized spacial score (nSPS) is 10.4. The third-order valence-electron chi connectivity index (χ3n) is 2.86. The molecule has 2 heteroatoms. The van der Waals surface area contributed by atoms with Crippen molar-refractivity contribution in [2.75, 3.05) is 0 Å². The summed E-state index contributed by atoms with van der Waals surface area (Å²) in [7, 11) is 0. The van der Waals surface area contributed by atoms with E-state index in [9.17, 15) is 4.79 Å². The minimum absolute atomic E-state index is 0.770. The number of nitrogens with zero attached hydrogens (tertiary/aromatic N) is 1. The second kappa shape index (κ2) is 4.35. The van der Waals surface area contributed by atoms with E-state index in [1.165, 1.54) is 0 Å². The maximum atomic E-state index is 11.2. The maximum absolute atomic E-state index is 11.2. The van der Waals surface area contributed by atoms with Gasteiger partial charge in [0.15, 0.2) is 6.29 Å². The Labute approximate surface area is 95.5 Å². The van der Waals surface area contributed by atoms with Crippen LogP contribution in [0.1, 0.15) is 23.1 Å². The summed E-state index contributed by atoms with van der Waals surface area (Å²) in [6.45, 7) is 4.91. The first-order valence-corrected chi connectivity index (χ1v) is 5.48. The maximum Gasteiger partial charge on any atom is 0.167 e.